The first kappa shape index (κ1) is 24.9. The molecule has 0 spiro atoms. The van der Waals surface area contributed by atoms with Crippen LogP contribution in [0.2, 0.25) is 0 Å². The van der Waals surface area contributed by atoms with Crippen molar-refractivity contribution in [3.63, 3.8) is 0 Å². The van der Waals surface area contributed by atoms with E-state index in [2.05, 4.69) is 5.32 Å². The van der Waals surface area contributed by atoms with Crippen molar-refractivity contribution >= 4 is 18.0 Å². The van der Waals surface area contributed by atoms with E-state index >= 15 is 0 Å². The van der Waals surface area contributed by atoms with Crippen LogP contribution in [0, 0.1) is 5.82 Å². The summed E-state index contributed by atoms with van der Waals surface area (Å²) < 4.78 is 30.6. The highest BCUT2D eigenvalue weighted by Crippen LogP contribution is 2.47. The van der Waals surface area contributed by atoms with E-state index < -0.39 is 41.1 Å². The summed E-state index contributed by atoms with van der Waals surface area (Å²) in [4.78, 5) is 39.6. The standard InChI is InChI=1S/C28H26FNO6/c1-27(2,3)36-25(32)28(22-12-8-7-11-21(22)24(31)35-28)23(19-13-15-20(29)16-14-19)30-26(33)34-17-18-9-5-4-6-10-18/h4-16,23H,17H2,1-3H3,(H,30,33)/t23-,28+/m0/s1. The molecular weight excluding hydrogens is 465 g/mol. The summed E-state index contributed by atoms with van der Waals surface area (Å²) in [5.74, 6) is -2.15. The number of benzene rings is 3. The predicted molar refractivity (Wildman–Crippen MR) is 128 cm³/mol. The van der Waals surface area contributed by atoms with Gasteiger partial charge in [0.05, 0.1) is 5.56 Å². The molecule has 1 aliphatic heterocycles. The quantitative estimate of drug-likeness (QED) is 0.377. The number of hydrogen-bond donors (Lipinski definition) is 1. The van der Waals surface area contributed by atoms with E-state index in [1.807, 2.05) is 18.2 Å². The molecule has 2 atom stereocenters. The third kappa shape index (κ3) is 5.07. The largest absolute Gasteiger partial charge is 0.457 e. The third-order valence-corrected chi connectivity index (χ3v) is 5.59. The molecule has 1 amide bonds. The minimum atomic E-state index is -2.08. The van der Waals surface area contributed by atoms with Crippen LogP contribution in [-0.2, 0) is 31.2 Å². The molecule has 1 heterocycles. The van der Waals surface area contributed by atoms with Crippen LogP contribution in [0.1, 0.15) is 53.9 Å². The van der Waals surface area contributed by atoms with Gasteiger partial charge in [-0.2, -0.15) is 0 Å². The molecule has 0 aliphatic carbocycles. The maximum atomic E-state index is 13.8. The lowest BCUT2D eigenvalue weighted by molar-refractivity contribution is -0.181. The van der Waals surface area contributed by atoms with Crippen LogP contribution in [0.15, 0.2) is 78.9 Å². The Labute approximate surface area is 208 Å². The lowest BCUT2D eigenvalue weighted by Crippen LogP contribution is -2.52. The summed E-state index contributed by atoms with van der Waals surface area (Å²) in [5.41, 5.74) is -1.56. The summed E-state index contributed by atoms with van der Waals surface area (Å²) in [6.45, 7) is 5.00. The molecule has 0 unspecified atom stereocenters. The molecule has 36 heavy (non-hydrogen) atoms. The van der Waals surface area contributed by atoms with E-state index in [1.165, 1.54) is 30.3 Å². The van der Waals surface area contributed by atoms with Crippen LogP contribution in [0.25, 0.3) is 0 Å². The maximum Gasteiger partial charge on any atom is 0.408 e. The Bertz CT molecular complexity index is 1270. The molecule has 0 radical (unpaired) electrons. The fourth-order valence-electron chi connectivity index (χ4n) is 4.04. The molecule has 0 fully saturated rings. The number of carbonyl (C=O) groups is 3. The molecule has 3 aromatic carbocycles. The highest BCUT2D eigenvalue weighted by molar-refractivity contribution is 6.01. The molecule has 186 valence electrons. The fraction of sp³-hybridized carbons (Fsp3) is 0.250. The van der Waals surface area contributed by atoms with Gasteiger partial charge in [0.25, 0.3) is 5.60 Å². The Kier molecular flexibility index (Phi) is 6.79. The van der Waals surface area contributed by atoms with Crippen LogP contribution in [0.4, 0.5) is 9.18 Å². The summed E-state index contributed by atoms with van der Waals surface area (Å²) >= 11 is 0. The van der Waals surface area contributed by atoms with Crippen LogP contribution >= 0.6 is 0 Å². The number of hydrogen-bond acceptors (Lipinski definition) is 6. The maximum absolute atomic E-state index is 13.8. The number of halogens is 1. The van der Waals surface area contributed by atoms with E-state index in [1.54, 1.807) is 51.1 Å². The van der Waals surface area contributed by atoms with Gasteiger partial charge in [-0.15, -0.1) is 0 Å². The van der Waals surface area contributed by atoms with Crippen molar-refractivity contribution in [3.8, 4) is 0 Å². The van der Waals surface area contributed by atoms with Gasteiger partial charge >= 0.3 is 18.0 Å². The highest BCUT2D eigenvalue weighted by atomic mass is 19.1. The Morgan fingerprint density at radius 1 is 0.972 bits per heavy atom. The first-order chi connectivity index (χ1) is 17.1. The molecule has 0 saturated heterocycles. The topological polar surface area (TPSA) is 90.9 Å². The number of esters is 2. The SMILES string of the molecule is CC(C)(C)OC(=O)[C@@]1([C@@H](NC(=O)OCc2ccccc2)c2ccc(F)cc2)OC(=O)c2ccccc21. The smallest absolute Gasteiger partial charge is 0.408 e. The van der Waals surface area contributed by atoms with E-state index in [9.17, 15) is 18.8 Å². The molecule has 3 aromatic rings. The fourth-order valence-corrected chi connectivity index (χ4v) is 4.04. The van der Waals surface area contributed by atoms with Crippen LogP contribution in [0.3, 0.4) is 0 Å². The lowest BCUT2D eigenvalue weighted by atomic mass is 9.81. The second-order valence-corrected chi connectivity index (χ2v) is 9.36. The molecule has 4 rings (SSSR count). The summed E-state index contributed by atoms with van der Waals surface area (Å²) in [6, 6.07) is 19.3. The van der Waals surface area contributed by atoms with Gasteiger partial charge in [-0.3, -0.25) is 0 Å². The number of fused-ring (bicyclic) bond motifs is 1. The zero-order valence-corrected chi connectivity index (χ0v) is 20.1. The summed E-state index contributed by atoms with van der Waals surface area (Å²) in [5, 5.41) is 2.67. The zero-order valence-electron chi connectivity index (χ0n) is 20.1. The van der Waals surface area contributed by atoms with Crippen LogP contribution in [-0.4, -0.2) is 23.6 Å². The molecule has 0 aromatic heterocycles. The molecule has 7 nitrogen and oxygen atoms in total. The summed E-state index contributed by atoms with van der Waals surface area (Å²) in [6.07, 6.45) is -0.864. The van der Waals surface area contributed by atoms with Gasteiger partial charge in [0.15, 0.2) is 0 Å². The number of ether oxygens (including phenoxy) is 3. The van der Waals surface area contributed by atoms with Crippen molar-refractivity contribution < 1.29 is 33.0 Å². The Hall–Kier alpha value is -4.20. The highest BCUT2D eigenvalue weighted by Gasteiger charge is 2.60. The van der Waals surface area contributed by atoms with Crippen molar-refractivity contribution in [1.29, 1.82) is 0 Å². The predicted octanol–water partition coefficient (Wildman–Crippen LogP) is 5.20. The molecule has 8 heteroatoms. The van der Waals surface area contributed by atoms with Gasteiger partial charge < -0.3 is 19.5 Å². The average Bonchev–Trinajstić information content (AvgIpc) is 3.15. The number of carbonyl (C=O) groups excluding carboxylic acids is 3. The van der Waals surface area contributed by atoms with Gasteiger partial charge in [0, 0.05) is 5.56 Å². The van der Waals surface area contributed by atoms with E-state index in [-0.39, 0.29) is 17.7 Å². The monoisotopic (exact) mass is 491 g/mol. The number of cyclic esters (lactones) is 1. The Morgan fingerprint density at radius 2 is 1.61 bits per heavy atom. The van der Waals surface area contributed by atoms with E-state index in [4.69, 9.17) is 14.2 Å². The number of nitrogens with one attached hydrogen (secondary N) is 1. The Morgan fingerprint density at radius 3 is 2.28 bits per heavy atom. The number of alkyl carbamates (subject to hydrolysis) is 1. The molecular formula is C28H26FNO6. The average molecular weight is 492 g/mol. The van der Waals surface area contributed by atoms with Gasteiger partial charge in [-0.1, -0.05) is 60.7 Å². The van der Waals surface area contributed by atoms with Crippen molar-refractivity contribution in [2.75, 3.05) is 0 Å². The van der Waals surface area contributed by atoms with Gasteiger partial charge in [0.2, 0.25) is 0 Å². The van der Waals surface area contributed by atoms with E-state index in [0.29, 0.717) is 5.56 Å². The first-order valence-corrected chi connectivity index (χ1v) is 11.4. The van der Waals surface area contributed by atoms with Gasteiger partial charge in [-0.25, -0.2) is 18.8 Å². The molecule has 0 bridgehead atoms. The minimum Gasteiger partial charge on any atom is -0.457 e. The normalized spacial score (nSPS) is 17.5. The second-order valence-electron chi connectivity index (χ2n) is 9.36. The van der Waals surface area contributed by atoms with Gasteiger partial charge in [0.1, 0.15) is 24.1 Å². The van der Waals surface area contributed by atoms with Crippen molar-refractivity contribution in [2.45, 2.75) is 44.6 Å². The zero-order chi connectivity index (χ0) is 25.9. The number of rotatable bonds is 6. The van der Waals surface area contributed by atoms with Crippen molar-refractivity contribution in [1.82, 2.24) is 5.32 Å². The second kappa shape index (κ2) is 9.81. The Balaban J connectivity index is 1.78. The summed E-state index contributed by atoms with van der Waals surface area (Å²) in [7, 11) is 0. The van der Waals surface area contributed by atoms with Crippen molar-refractivity contribution in [2.24, 2.45) is 0 Å². The molecule has 1 aliphatic rings. The van der Waals surface area contributed by atoms with Crippen LogP contribution < -0.4 is 5.32 Å². The van der Waals surface area contributed by atoms with Crippen LogP contribution in [0.5, 0.6) is 0 Å². The minimum absolute atomic E-state index is 0.0291. The lowest BCUT2D eigenvalue weighted by Gasteiger charge is -2.37. The third-order valence-electron chi connectivity index (χ3n) is 5.59. The van der Waals surface area contributed by atoms with Gasteiger partial charge in [-0.05, 0) is 50.1 Å². The molecule has 0 saturated carbocycles. The first-order valence-electron chi connectivity index (χ1n) is 11.4. The van der Waals surface area contributed by atoms with E-state index in [0.717, 1.165) is 5.56 Å². The molecule has 1 N–H and O–H groups in total. The van der Waals surface area contributed by atoms with Crippen molar-refractivity contribution in [3.05, 3.63) is 107 Å². The number of amides is 1.